The Morgan fingerprint density at radius 3 is 0.812 bits per heavy atom. The van der Waals surface area contributed by atoms with Gasteiger partial charge in [-0.3, -0.25) is 0 Å². The van der Waals surface area contributed by atoms with Crippen molar-refractivity contribution in [3.05, 3.63) is 192 Å². The van der Waals surface area contributed by atoms with E-state index in [4.69, 9.17) is 0 Å². The molecule has 0 saturated carbocycles. The van der Waals surface area contributed by atoms with Gasteiger partial charge < -0.3 is 9.80 Å². The van der Waals surface area contributed by atoms with Crippen LogP contribution in [0.2, 0.25) is 0 Å². The van der Waals surface area contributed by atoms with Crippen LogP contribution in [0.5, 0.6) is 0 Å². The molecule has 234 valence electrons. The molecule has 0 aliphatic carbocycles. The lowest BCUT2D eigenvalue weighted by molar-refractivity contribution is 1.26. The van der Waals surface area contributed by atoms with Crippen LogP contribution in [0.4, 0.5) is 34.1 Å². The minimum atomic E-state index is 1.13. The second kappa shape index (κ2) is 13.5. The van der Waals surface area contributed by atoms with Crippen LogP contribution < -0.4 is 9.80 Å². The van der Waals surface area contributed by atoms with E-state index in [0.29, 0.717) is 0 Å². The van der Waals surface area contributed by atoms with Gasteiger partial charge in [0.2, 0.25) is 0 Å². The zero-order valence-corrected chi connectivity index (χ0v) is 28.1. The van der Waals surface area contributed by atoms with Gasteiger partial charge in [-0.05, 0) is 134 Å². The molecule has 0 fully saturated rings. The molecule has 0 unspecified atom stereocenters. The maximum Gasteiger partial charge on any atom is 0.0464 e. The first-order chi connectivity index (χ1) is 23.4. The number of nitrogens with zero attached hydrogens (tertiary/aromatic N) is 2. The summed E-state index contributed by atoms with van der Waals surface area (Å²) in [5.41, 5.74) is 16.7. The lowest BCUT2D eigenvalue weighted by Crippen LogP contribution is -2.10. The van der Waals surface area contributed by atoms with E-state index in [-0.39, 0.29) is 0 Å². The average Bonchev–Trinajstić information content (AvgIpc) is 3.11. The summed E-state index contributed by atoms with van der Waals surface area (Å²) in [6, 6.07) is 61.5. The summed E-state index contributed by atoms with van der Waals surface area (Å²) in [5, 5.41) is 0. The predicted octanol–water partition coefficient (Wildman–Crippen LogP) is 13.2. The van der Waals surface area contributed by atoms with Gasteiger partial charge in [-0.1, -0.05) is 108 Å². The van der Waals surface area contributed by atoms with Gasteiger partial charge >= 0.3 is 0 Å². The van der Waals surface area contributed by atoms with Gasteiger partial charge in [0.15, 0.2) is 0 Å². The summed E-state index contributed by atoms with van der Waals surface area (Å²) < 4.78 is 0. The molecule has 0 heterocycles. The van der Waals surface area contributed by atoms with Crippen LogP contribution in [0.15, 0.2) is 170 Å². The van der Waals surface area contributed by atoms with Crippen molar-refractivity contribution in [3.63, 3.8) is 0 Å². The van der Waals surface area contributed by atoms with E-state index < -0.39 is 0 Å². The molecule has 0 amide bonds. The van der Waals surface area contributed by atoms with Crippen molar-refractivity contribution < 1.29 is 0 Å². The summed E-state index contributed by atoms with van der Waals surface area (Å²) >= 11 is 0. The van der Waals surface area contributed by atoms with Gasteiger partial charge in [0.1, 0.15) is 0 Å². The smallest absolute Gasteiger partial charge is 0.0464 e. The number of rotatable bonds is 8. The zero-order valence-electron chi connectivity index (χ0n) is 28.1. The fraction of sp³-hybridized carbons (Fsp3) is 0.0870. The first kappa shape index (κ1) is 30.8. The van der Waals surface area contributed by atoms with Gasteiger partial charge in [0.05, 0.1) is 0 Å². The Kier molecular flexibility index (Phi) is 8.64. The molecule has 0 saturated heterocycles. The molecule has 0 radical (unpaired) electrons. The Morgan fingerprint density at radius 2 is 0.521 bits per heavy atom. The molecule has 48 heavy (non-hydrogen) atoms. The first-order valence-corrected chi connectivity index (χ1v) is 16.6. The van der Waals surface area contributed by atoms with Gasteiger partial charge in [-0.25, -0.2) is 0 Å². The van der Waals surface area contributed by atoms with Crippen molar-refractivity contribution in [2.24, 2.45) is 0 Å². The third kappa shape index (κ3) is 6.65. The second-order valence-electron chi connectivity index (χ2n) is 12.7. The van der Waals surface area contributed by atoms with E-state index in [9.17, 15) is 0 Å². The van der Waals surface area contributed by atoms with E-state index in [1.54, 1.807) is 0 Å². The highest BCUT2D eigenvalue weighted by Gasteiger charge is 2.15. The molecule has 7 aromatic carbocycles. The molecule has 0 aliphatic heterocycles. The van der Waals surface area contributed by atoms with Crippen LogP contribution in [0.1, 0.15) is 22.3 Å². The van der Waals surface area contributed by atoms with E-state index >= 15 is 0 Å². The molecule has 0 bridgehead atoms. The van der Waals surface area contributed by atoms with Crippen molar-refractivity contribution in [1.29, 1.82) is 0 Å². The third-order valence-corrected chi connectivity index (χ3v) is 8.91. The van der Waals surface area contributed by atoms with Gasteiger partial charge in [-0.2, -0.15) is 0 Å². The van der Waals surface area contributed by atoms with Crippen molar-refractivity contribution in [2.75, 3.05) is 9.80 Å². The number of aryl methyl sites for hydroxylation is 4. The molecule has 0 atom stereocenters. The number of hydrogen-bond acceptors (Lipinski definition) is 2. The Hall–Kier alpha value is -5.86. The lowest BCUT2D eigenvalue weighted by atomic mass is 9.99. The van der Waals surface area contributed by atoms with Crippen molar-refractivity contribution in [2.45, 2.75) is 27.7 Å². The van der Waals surface area contributed by atoms with Crippen LogP contribution in [0, 0.1) is 27.7 Å². The monoisotopic (exact) mass is 620 g/mol. The van der Waals surface area contributed by atoms with Crippen LogP contribution in [0.3, 0.4) is 0 Å². The quantitative estimate of drug-likeness (QED) is 0.167. The minimum absolute atomic E-state index is 1.13. The lowest BCUT2D eigenvalue weighted by Gasteiger charge is -2.26. The fourth-order valence-corrected chi connectivity index (χ4v) is 6.28. The molecule has 7 rings (SSSR count). The van der Waals surface area contributed by atoms with E-state index in [1.165, 1.54) is 44.5 Å². The van der Waals surface area contributed by atoms with E-state index in [2.05, 4.69) is 207 Å². The average molecular weight is 621 g/mol. The predicted molar refractivity (Wildman–Crippen MR) is 206 cm³/mol. The molecule has 0 N–H and O–H groups in total. The van der Waals surface area contributed by atoms with E-state index in [0.717, 1.165) is 34.1 Å². The Balaban J connectivity index is 1.13. The maximum absolute atomic E-state index is 2.32. The van der Waals surface area contributed by atoms with E-state index in [1.807, 2.05) is 0 Å². The molecule has 7 aromatic rings. The fourth-order valence-electron chi connectivity index (χ4n) is 6.28. The normalized spacial score (nSPS) is 10.9. The number of hydrogen-bond donors (Lipinski definition) is 0. The summed E-state index contributed by atoms with van der Waals surface area (Å²) in [5.74, 6) is 0. The molecule has 0 spiro atoms. The highest BCUT2D eigenvalue weighted by Crippen LogP contribution is 2.38. The number of benzene rings is 7. The van der Waals surface area contributed by atoms with Gasteiger partial charge in [0.25, 0.3) is 0 Å². The Morgan fingerprint density at radius 1 is 0.250 bits per heavy atom. The second-order valence-corrected chi connectivity index (χ2v) is 12.7. The largest absolute Gasteiger partial charge is 0.310 e. The molecular formula is C46H40N2. The summed E-state index contributed by atoms with van der Waals surface area (Å²) in [6.07, 6.45) is 0. The summed E-state index contributed by atoms with van der Waals surface area (Å²) in [6.45, 7) is 8.54. The van der Waals surface area contributed by atoms with Crippen molar-refractivity contribution in [3.8, 4) is 22.3 Å². The van der Waals surface area contributed by atoms with Crippen LogP contribution >= 0.6 is 0 Å². The minimum Gasteiger partial charge on any atom is -0.310 e. The topological polar surface area (TPSA) is 6.48 Å². The Labute approximate surface area is 285 Å². The number of anilines is 6. The molecule has 0 aliphatic rings. The maximum atomic E-state index is 2.32. The SMILES string of the molecule is Cc1ccc(N(c2ccc(-c3ccc(-c4ccc(N(c5ccc(C)cc5)c5cccc(C)c5)cc4)cc3)cc2)c2cccc(C)c2)cc1. The molecular weight excluding hydrogens is 581 g/mol. The standard InChI is InChI=1S/C46H40N2/c1-33-11-23-41(24-12-33)47(45-9-5-7-35(3)31-45)43-27-19-39(20-28-43)37-15-17-38(18-16-37)40-21-29-44(30-22-40)48(42-25-13-34(2)14-26-42)46-10-6-8-36(4)32-46/h5-32H,1-4H3. The molecule has 2 heteroatoms. The van der Waals surface area contributed by atoms with Crippen molar-refractivity contribution >= 4 is 34.1 Å². The highest BCUT2D eigenvalue weighted by atomic mass is 15.1. The Bertz CT molecular complexity index is 1970. The summed E-state index contributed by atoms with van der Waals surface area (Å²) in [7, 11) is 0. The van der Waals surface area contributed by atoms with Gasteiger partial charge in [0, 0.05) is 34.1 Å². The van der Waals surface area contributed by atoms with Crippen LogP contribution in [0.25, 0.3) is 22.3 Å². The third-order valence-electron chi connectivity index (χ3n) is 8.91. The van der Waals surface area contributed by atoms with Crippen molar-refractivity contribution in [1.82, 2.24) is 0 Å². The van der Waals surface area contributed by atoms with Crippen LogP contribution in [-0.2, 0) is 0 Å². The van der Waals surface area contributed by atoms with Gasteiger partial charge in [-0.15, -0.1) is 0 Å². The zero-order chi connectivity index (χ0) is 33.0. The highest BCUT2D eigenvalue weighted by molar-refractivity contribution is 5.81. The molecule has 2 nitrogen and oxygen atoms in total. The molecule has 0 aromatic heterocycles. The first-order valence-electron chi connectivity index (χ1n) is 16.6. The van der Waals surface area contributed by atoms with Crippen LogP contribution in [-0.4, -0.2) is 0 Å². The summed E-state index contributed by atoms with van der Waals surface area (Å²) in [4.78, 5) is 4.64.